The minimum atomic E-state index is 0.963. The molecule has 8 aromatic rings. The molecular weight excluding hydrogens is 520 g/mol. The summed E-state index contributed by atoms with van der Waals surface area (Å²) >= 11 is 0. The lowest BCUT2D eigenvalue weighted by atomic mass is 10.0. The van der Waals surface area contributed by atoms with Gasteiger partial charge < -0.3 is 9.13 Å². The van der Waals surface area contributed by atoms with Crippen molar-refractivity contribution in [1.82, 2.24) is 9.13 Å². The molecule has 8 rings (SSSR count). The van der Waals surface area contributed by atoms with E-state index in [1.54, 1.807) is 0 Å². The number of para-hydroxylation sites is 2. The zero-order chi connectivity index (χ0) is 28.9. The Bertz CT molecular complexity index is 2360. The van der Waals surface area contributed by atoms with Gasteiger partial charge in [0.1, 0.15) is 0 Å². The highest BCUT2D eigenvalue weighted by molar-refractivity contribution is 6.13. The molecule has 6 aromatic carbocycles. The predicted octanol–water partition coefficient (Wildman–Crippen LogP) is 11.3. The van der Waals surface area contributed by atoms with Crippen molar-refractivity contribution in [2.75, 3.05) is 0 Å². The van der Waals surface area contributed by atoms with E-state index in [4.69, 9.17) is 0 Å². The molecule has 0 amide bonds. The van der Waals surface area contributed by atoms with Gasteiger partial charge in [0, 0.05) is 32.9 Å². The molecule has 0 radical (unpaired) electrons. The van der Waals surface area contributed by atoms with Crippen molar-refractivity contribution in [2.45, 2.75) is 6.92 Å². The van der Waals surface area contributed by atoms with Crippen molar-refractivity contribution >= 4 is 49.3 Å². The van der Waals surface area contributed by atoms with Crippen LogP contribution in [0.25, 0.3) is 77.2 Å². The van der Waals surface area contributed by atoms with Crippen LogP contribution in [0.5, 0.6) is 0 Å². The molecule has 0 aliphatic heterocycles. The Balaban J connectivity index is 1.34. The molecule has 2 heteroatoms. The van der Waals surface area contributed by atoms with E-state index in [1.807, 2.05) is 13.0 Å². The van der Waals surface area contributed by atoms with Crippen LogP contribution < -0.4 is 0 Å². The van der Waals surface area contributed by atoms with Gasteiger partial charge in [0.25, 0.3) is 0 Å². The molecule has 2 heterocycles. The molecule has 0 aliphatic rings. The molecule has 0 fully saturated rings. The molecule has 43 heavy (non-hydrogen) atoms. The van der Waals surface area contributed by atoms with Gasteiger partial charge in [-0.15, -0.1) is 0 Å². The average Bonchev–Trinajstić information content (AvgIpc) is 3.57. The molecule has 0 saturated heterocycles. The first-order valence-electron chi connectivity index (χ1n) is 14.8. The average molecular weight is 551 g/mol. The number of allylic oxidation sites excluding steroid dienone is 3. The molecule has 0 unspecified atom stereocenters. The van der Waals surface area contributed by atoms with Crippen LogP contribution in [0.3, 0.4) is 0 Å². The van der Waals surface area contributed by atoms with Gasteiger partial charge >= 0.3 is 0 Å². The van der Waals surface area contributed by atoms with Gasteiger partial charge in [0.2, 0.25) is 0 Å². The quantitative estimate of drug-likeness (QED) is 0.189. The van der Waals surface area contributed by atoms with Crippen LogP contribution in [0.4, 0.5) is 0 Å². The highest BCUT2D eigenvalue weighted by Crippen LogP contribution is 2.38. The Hall–Kier alpha value is -5.60. The topological polar surface area (TPSA) is 9.86 Å². The second-order valence-corrected chi connectivity index (χ2v) is 11.1. The molecule has 0 atom stereocenters. The second kappa shape index (κ2) is 10.0. The fraction of sp³-hybridized carbons (Fsp3) is 0.0244. The number of fused-ring (bicyclic) bond motifs is 6. The third-order valence-corrected chi connectivity index (χ3v) is 8.54. The Kier molecular flexibility index (Phi) is 5.87. The third kappa shape index (κ3) is 4.03. The second-order valence-electron chi connectivity index (χ2n) is 11.1. The molecule has 0 bridgehead atoms. The summed E-state index contributed by atoms with van der Waals surface area (Å²) in [4.78, 5) is 0. The summed E-state index contributed by atoms with van der Waals surface area (Å²) in [5.74, 6) is 0. The number of hydrogen-bond donors (Lipinski definition) is 0. The van der Waals surface area contributed by atoms with Crippen molar-refractivity contribution in [3.05, 3.63) is 158 Å². The SMILES string of the molecule is C=C(/C=C\C)n1c2ccccc2c2cc(-c3ccc4c5ccccc5n(-c5cccc(-c6ccccc6)c5)c4c3)ccc21. The van der Waals surface area contributed by atoms with Gasteiger partial charge in [-0.2, -0.15) is 0 Å². The van der Waals surface area contributed by atoms with Crippen molar-refractivity contribution < 1.29 is 0 Å². The fourth-order valence-electron chi connectivity index (χ4n) is 6.61. The minimum Gasteiger partial charge on any atom is -0.310 e. The van der Waals surface area contributed by atoms with Crippen LogP contribution in [0.1, 0.15) is 6.92 Å². The number of hydrogen-bond acceptors (Lipinski definition) is 0. The maximum atomic E-state index is 4.36. The van der Waals surface area contributed by atoms with Gasteiger partial charge in [-0.25, -0.2) is 0 Å². The van der Waals surface area contributed by atoms with Crippen molar-refractivity contribution in [1.29, 1.82) is 0 Å². The molecule has 0 N–H and O–H groups in total. The van der Waals surface area contributed by atoms with Crippen LogP contribution in [0, 0.1) is 0 Å². The summed E-state index contributed by atoms with van der Waals surface area (Å²) in [5, 5.41) is 4.98. The highest BCUT2D eigenvalue weighted by Gasteiger charge is 2.16. The van der Waals surface area contributed by atoms with Crippen LogP contribution in [-0.4, -0.2) is 9.13 Å². The first-order valence-corrected chi connectivity index (χ1v) is 14.8. The summed E-state index contributed by atoms with van der Waals surface area (Å²) in [6, 6.07) is 50.5. The number of benzene rings is 6. The van der Waals surface area contributed by atoms with Gasteiger partial charge in [-0.3, -0.25) is 0 Å². The Morgan fingerprint density at radius 2 is 1.09 bits per heavy atom. The van der Waals surface area contributed by atoms with E-state index in [0.717, 1.165) is 11.4 Å². The van der Waals surface area contributed by atoms with Crippen molar-refractivity contribution in [3.63, 3.8) is 0 Å². The van der Waals surface area contributed by atoms with Crippen LogP contribution in [-0.2, 0) is 0 Å². The fourth-order valence-corrected chi connectivity index (χ4v) is 6.61. The molecule has 0 saturated carbocycles. The summed E-state index contributed by atoms with van der Waals surface area (Å²) in [7, 11) is 0. The van der Waals surface area contributed by atoms with Gasteiger partial charge in [0.05, 0.1) is 22.1 Å². The zero-order valence-corrected chi connectivity index (χ0v) is 24.0. The Morgan fingerprint density at radius 1 is 0.488 bits per heavy atom. The standard InChI is InChI=1S/C41H30N2/c1-3-12-28(2)42-38-19-9-8-18-35(38)37-26-31(22-24-40(37)42)32-21-23-36-34-17-7-10-20-39(34)43(41(36)27-32)33-16-11-15-30(25-33)29-13-5-4-6-14-29/h3-27H,2H2,1H3/b12-3-. The Labute approximate surface area is 251 Å². The number of aromatic nitrogens is 2. The van der Waals surface area contributed by atoms with E-state index in [1.165, 1.54) is 65.9 Å². The van der Waals surface area contributed by atoms with E-state index >= 15 is 0 Å². The monoisotopic (exact) mass is 550 g/mol. The summed E-state index contributed by atoms with van der Waals surface area (Å²) in [6.45, 7) is 6.39. The highest BCUT2D eigenvalue weighted by atomic mass is 15.0. The largest absolute Gasteiger partial charge is 0.310 e. The van der Waals surface area contributed by atoms with Gasteiger partial charge in [0.15, 0.2) is 0 Å². The van der Waals surface area contributed by atoms with E-state index in [-0.39, 0.29) is 0 Å². The maximum absolute atomic E-state index is 4.36. The Morgan fingerprint density at radius 3 is 1.91 bits per heavy atom. The van der Waals surface area contributed by atoms with Gasteiger partial charge in [-0.05, 0) is 77.7 Å². The van der Waals surface area contributed by atoms with Crippen molar-refractivity contribution in [3.8, 4) is 27.9 Å². The zero-order valence-electron chi connectivity index (χ0n) is 24.0. The van der Waals surface area contributed by atoms with E-state index < -0.39 is 0 Å². The van der Waals surface area contributed by atoms with E-state index in [9.17, 15) is 0 Å². The molecule has 2 aromatic heterocycles. The van der Waals surface area contributed by atoms with Crippen LogP contribution >= 0.6 is 0 Å². The lowest BCUT2D eigenvalue weighted by Gasteiger charge is -2.11. The number of rotatable bonds is 5. The summed E-state index contributed by atoms with van der Waals surface area (Å²) < 4.78 is 4.67. The molecule has 0 spiro atoms. The third-order valence-electron chi connectivity index (χ3n) is 8.54. The van der Waals surface area contributed by atoms with Gasteiger partial charge in [-0.1, -0.05) is 110 Å². The van der Waals surface area contributed by atoms with E-state index in [2.05, 4.69) is 161 Å². The molecular formula is C41H30N2. The normalized spacial score (nSPS) is 11.8. The molecule has 204 valence electrons. The maximum Gasteiger partial charge on any atom is 0.0547 e. The smallest absolute Gasteiger partial charge is 0.0547 e. The number of nitrogens with zero attached hydrogens (tertiary/aromatic N) is 2. The van der Waals surface area contributed by atoms with E-state index in [0.29, 0.717) is 0 Å². The predicted molar refractivity (Wildman–Crippen MR) is 185 cm³/mol. The lowest BCUT2D eigenvalue weighted by Crippen LogP contribution is -1.94. The lowest BCUT2D eigenvalue weighted by molar-refractivity contribution is 1.18. The van der Waals surface area contributed by atoms with Crippen LogP contribution in [0.15, 0.2) is 158 Å². The molecule has 2 nitrogen and oxygen atoms in total. The van der Waals surface area contributed by atoms with Crippen molar-refractivity contribution in [2.24, 2.45) is 0 Å². The summed E-state index contributed by atoms with van der Waals surface area (Å²) in [5.41, 5.74) is 11.7. The molecule has 0 aliphatic carbocycles. The first kappa shape index (κ1) is 25.1. The first-order chi connectivity index (χ1) is 21.2. The minimum absolute atomic E-state index is 0.963. The summed E-state index contributed by atoms with van der Waals surface area (Å²) in [6.07, 6.45) is 4.11. The van der Waals surface area contributed by atoms with Crippen LogP contribution in [0.2, 0.25) is 0 Å².